The Hall–Kier alpha value is -3.95. The fourth-order valence-electron chi connectivity index (χ4n) is 2.51. The summed E-state index contributed by atoms with van der Waals surface area (Å²) in [5.74, 6) is 1.16. The number of hydrogen-bond donors (Lipinski definition) is 2. The van der Waals surface area contributed by atoms with Crippen LogP contribution >= 0.6 is 0 Å². The average molecular weight is 396 g/mol. The van der Waals surface area contributed by atoms with E-state index in [1.807, 2.05) is 0 Å². The van der Waals surface area contributed by atoms with E-state index in [9.17, 15) is 9.59 Å². The van der Waals surface area contributed by atoms with Crippen molar-refractivity contribution in [2.45, 2.75) is 13.3 Å². The Bertz CT molecular complexity index is 1010. The van der Waals surface area contributed by atoms with Gasteiger partial charge < -0.3 is 19.8 Å². The third-order valence-corrected chi connectivity index (χ3v) is 3.91. The molecule has 10 heteroatoms. The van der Waals surface area contributed by atoms with Crippen LogP contribution in [0.1, 0.15) is 18.0 Å². The first-order valence-corrected chi connectivity index (χ1v) is 8.79. The Balaban J connectivity index is 1.54. The van der Waals surface area contributed by atoms with Gasteiger partial charge in [0.1, 0.15) is 17.2 Å². The molecule has 29 heavy (non-hydrogen) atoms. The van der Waals surface area contributed by atoms with Crippen molar-refractivity contribution in [2.75, 3.05) is 19.0 Å². The summed E-state index contributed by atoms with van der Waals surface area (Å²) < 4.78 is 11.9. The number of methoxy groups -OCH3 is 1. The minimum Gasteiger partial charge on any atom is -0.494 e. The molecule has 2 aromatic heterocycles. The number of amides is 2. The van der Waals surface area contributed by atoms with E-state index in [1.54, 1.807) is 50.4 Å². The maximum Gasteiger partial charge on any atom is 0.244 e. The standard InChI is InChI=1S/C19H20N6O4/c1-13-22-23-24-25(13)16-12-14(5-7-17(16)28-2)21-19(27)9-10-20-18(26)8-6-15-4-3-11-29-15/h3-8,11-12H,9-10H2,1-2H3,(H,20,26)(H,21,27)/b8-6+. The van der Waals surface area contributed by atoms with Gasteiger partial charge in [-0.05, 0) is 53.8 Å². The molecule has 0 unspecified atom stereocenters. The lowest BCUT2D eigenvalue weighted by Crippen LogP contribution is -2.26. The predicted octanol–water partition coefficient (Wildman–Crippen LogP) is 1.73. The summed E-state index contributed by atoms with van der Waals surface area (Å²) in [6.07, 6.45) is 4.54. The molecule has 10 nitrogen and oxygen atoms in total. The van der Waals surface area contributed by atoms with Gasteiger partial charge in [-0.1, -0.05) is 0 Å². The molecule has 0 radical (unpaired) electrons. The molecule has 0 fully saturated rings. The number of nitrogens with one attached hydrogen (secondary N) is 2. The van der Waals surface area contributed by atoms with Gasteiger partial charge in [0, 0.05) is 24.7 Å². The molecule has 0 bridgehead atoms. The van der Waals surface area contributed by atoms with Gasteiger partial charge in [-0.15, -0.1) is 5.10 Å². The highest BCUT2D eigenvalue weighted by Gasteiger charge is 2.12. The normalized spacial score (nSPS) is 10.8. The van der Waals surface area contributed by atoms with E-state index in [0.29, 0.717) is 28.7 Å². The highest BCUT2D eigenvalue weighted by Crippen LogP contribution is 2.26. The van der Waals surface area contributed by atoms with Crippen molar-refractivity contribution in [3.05, 3.63) is 54.3 Å². The van der Waals surface area contributed by atoms with Crippen LogP contribution in [0.3, 0.4) is 0 Å². The average Bonchev–Trinajstić information content (AvgIpc) is 3.38. The molecule has 0 saturated heterocycles. The number of ether oxygens (including phenoxy) is 1. The molecule has 0 saturated carbocycles. The monoisotopic (exact) mass is 396 g/mol. The van der Waals surface area contributed by atoms with Crippen molar-refractivity contribution in [1.29, 1.82) is 0 Å². The maximum atomic E-state index is 12.2. The second-order valence-electron chi connectivity index (χ2n) is 5.96. The van der Waals surface area contributed by atoms with Crippen molar-refractivity contribution in [2.24, 2.45) is 0 Å². The summed E-state index contributed by atoms with van der Waals surface area (Å²) >= 11 is 0. The Morgan fingerprint density at radius 2 is 2.17 bits per heavy atom. The van der Waals surface area contributed by atoms with Crippen LogP contribution in [0.15, 0.2) is 47.1 Å². The van der Waals surface area contributed by atoms with Gasteiger partial charge in [0.15, 0.2) is 5.82 Å². The molecule has 2 heterocycles. The molecule has 0 aliphatic carbocycles. The second kappa shape index (κ2) is 9.31. The zero-order valence-electron chi connectivity index (χ0n) is 16.0. The Labute approximate surface area is 166 Å². The third-order valence-electron chi connectivity index (χ3n) is 3.91. The van der Waals surface area contributed by atoms with Crippen molar-refractivity contribution in [3.8, 4) is 11.4 Å². The molecule has 1 aromatic carbocycles. The predicted molar refractivity (Wildman–Crippen MR) is 104 cm³/mol. The Kier molecular flexibility index (Phi) is 6.36. The van der Waals surface area contributed by atoms with Gasteiger partial charge >= 0.3 is 0 Å². The van der Waals surface area contributed by atoms with Gasteiger partial charge in [-0.2, -0.15) is 4.68 Å². The lowest BCUT2D eigenvalue weighted by molar-refractivity contribution is -0.117. The molecule has 2 amide bonds. The molecule has 150 valence electrons. The van der Waals surface area contributed by atoms with Crippen molar-refractivity contribution < 1.29 is 18.7 Å². The van der Waals surface area contributed by atoms with Crippen LogP contribution in [-0.4, -0.2) is 45.7 Å². The summed E-state index contributed by atoms with van der Waals surface area (Å²) in [6.45, 7) is 1.95. The number of nitrogens with zero attached hydrogens (tertiary/aromatic N) is 4. The maximum absolute atomic E-state index is 12.2. The number of carbonyl (C=O) groups is 2. The fraction of sp³-hybridized carbons (Fsp3) is 0.211. The molecule has 3 aromatic rings. The number of benzene rings is 1. The van der Waals surface area contributed by atoms with Crippen LogP contribution in [-0.2, 0) is 9.59 Å². The van der Waals surface area contributed by atoms with Crippen LogP contribution < -0.4 is 15.4 Å². The van der Waals surface area contributed by atoms with Crippen molar-refractivity contribution >= 4 is 23.6 Å². The number of carbonyl (C=O) groups excluding carboxylic acids is 2. The smallest absolute Gasteiger partial charge is 0.244 e. The van der Waals surface area contributed by atoms with E-state index in [2.05, 4.69) is 26.2 Å². The molecule has 0 aliphatic heterocycles. The molecule has 0 aliphatic rings. The lowest BCUT2D eigenvalue weighted by Gasteiger charge is -2.12. The number of furan rings is 1. The first-order valence-electron chi connectivity index (χ1n) is 8.79. The highest BCUT2D eigenvalue weighted by molar-refractivity contribution is 5.93. The van der Waals surface area contributed by atoms with Crippen LogP contribution in [0.2, 0.25) is 0 Å². The lowest BCUT2D eigenvalue weighted by atomic mass is 10.2. The van der Waals surface area contributed by atoms with Crippen LogP contribution in [0.25, 0.3) is 11.8 Å². The van der Waals surface area contributed by atoms with Gasteiger partial charge in [-0.25, -0.2) is 0 Å². The summed E-state index contributed by atoms with van der Waals surface area (Å²) in [4.78, 5) is 23.9. The number of aryl methyl sites for hydroxylation is 1. The number of tetrazole rings is 1. The van der Waals surface area contributed by atoms with Crippen molar-refractivity contribution in [1.82, 2.24) is 25.5 Å². The van der Waals surface area contributed by atoms with E-state index in [4.69, 9.17) is 9.15 Å². The van der Waals surface area contributed by atoms with Crippen LogP contribution in [0.5, 0.6) is 5.75 Å². The summed E-state index contributed by atoms with van der Waals surface area (Å²) in [7, 11) is 1.54. The van der Waals surface area contributed by atoms with Gasteiger partial charge in [-0.3, -0.25) is 9.59 Å². The topological polar surface area (TPSA) is 124 Å². The molecular formula is C19H20N6O4. The van der Waals surface area contributed by atoms with Gasteiger partial charge in [0.05, 0.1) is 13.4 Å². The molecule has 3 rings (SSSR count). The summed E-state index contributed by atoms with van der Waals surface area (Å²) in [5, 5.41) is 16.8. The quantitative estimate of drug-likeness (QED) is 0.556. The van der Waals surface area contributed by atoms with E-state index in [1.165, 1.54) is 17.0 Å². The first-order chi connectivity index (χ1) is 14.1. The van der Waals surface area contributed by atoms with Gasteiger partial charge in [0.2, 0.25) is 11.8 Å². The van der Waals surface area contributed by atoms with E-state index in [-0.39, 0.29) is 24.8 Å². The molecule has 2 N–H and O–H groups in total. The number of hydrogen-bond acceptors (Lipinski definition) is 7. The zero-order chi connectivity index (χ0) is 20.6. The third kappa shape index (κ3) is 5.28. The fourth-order valence-corrected chi connectivity index (χ4v) is 2.51. The molecule has 0 spiro atoms. The Morgan fingerprint density at radius 1 is 1.31 bits per heavy atom. The first kappa shape index (κ1) is 19.8. The summed E-state index contributed by atoms with van der Waals surface area (Å²) in [5.41, 5.74) is 1.16. The minimum absolute atomic E-state index is 0.117. The molecular weight excluding hydrogens is 376 g/mol. The number of aromatic nitrogens is 4. The second-order valence-corrected chi connectivity index (χ2v) is 5.96. The van der Waals surface area contributed by atoms with E-state index in [0.717, 1.165) is 0 Å². The van der Waals surface area contributed by atoms with Crippen LogP contribution in [0.4, 0.5) is 5.69 Å². The number of rotatable bonds is 8. The van der Waals surface area contributed by atoms with Crippen molar-refractivity contribution in [3.63, 3.8) is 0 Å². The highest BCUT2D eigenvalue weighted by atomic mass is 16.5. The van der Waals surface area contributed by atoms with Crippen LogP contribution in [0, 0.1) is 6.92 Å². The number of anilines is 1. The largest absolute Gasteiger partial charge is 0.494 e. The molecule has 0 atom stereocenters. The summed E-state index contributed by atoms with van der Waals surface area (Å²) in [6, 6.07) is 8.60. The zero-order valence-corrected chi connectivity index (χ0v) is 16.0. The van der Waals surface area contributed by atoms with E-state index >= 15 is 0 Å². The minimum atomic E-state index is -0.310. The SMILES string of the molecule is COc1ccc(NC(=O)CCNC(=O)/C=C/c2ccco2)cc1-n1nnnc1C. The van der Waals surface area contributed by atoms with E-state index < -0.39 is 0 Å². The Morgan fingerprint density at radius 3 is 2.86 bits per heavy atom. The van der Waals surface area contributed by atoms with Gasteiger partial charge in [0.25, 0.3) is 0 Å².